The van der Waals surface area contributed by atoms with Crippen molar-refractivity contribution in [2.24, 2.45) is 0 Å². The van der Waals surface area contributed by atoms with E-state index in [4.69, 9.17) is 0 Å². The van der Waals surface area contributed by atoms with E-state index < -0.39 is 7.92 Å². The van der Waals surface area contributed by atoms with E-state index in [1.165, 1.54) is 22.9 Å². The zero-order chi connectivity index (χ0) is 13.8. The first-order chi connectivity index (χ1) is 9.84. The molecule has 20 heavy (non-hydrogen) atoms. The Labute approximate surface area is 118 Å². The SMILES string of the molecule is Fc1ccc(P(c2ccccc2)c2ccccc2)nc1. The molecule has 0 fully saturated rings. The molecule has 0 saturated heterocycles. The van der Waals surface area contributed by atoms with Gasteiger partial charge in [0.05, 0.1) is 11.6 Å². The van der Waals surface area contributed by atoms with Gasteiger partial charge in [-0.25, -0.2) is 4.39 Å². The van der Waals surface area contributed by atoms with Crippen molar-refractivity contribution < 1.29 is 4.39 Å². The predicted molar refractivity (Wildman–Crippen MR) is 82.9 cm³/mol. The van der Waals surface area contributed by atoms with Crippen molar-refractivity contribution in [3.63, 3.8) is 0 Å². The Kier molecular flexibility index (Phi) is 3.85. The quantitative estimate of drug-likeness (QED) is 0.673. The van der Waals surface area contributed by atoms with Crippen LogP contribution in [0.4, 0.5) is 4.39 Å². The fourth-order valence-electron chi connectivity index (χ4n) is 2.07. The van der Waals surface area contributed by atoms with Gasteiger partial charge >= 0.3 is 0 Å². The van der Waals surface area contributed by atoms with E-state index in [9.17, 15) is 4.39 Å². The maximum Gasteiger partial charge on any atom is 0.141 e. The predicted octanol–water partition coefficient (Wildman–Crippen LogP) is 2.98. The summed E-state index contributed by atoms with van der Waals surface area (Å²) in [5, 5.41) is 2.43. The molecule has 0 amide bonds. The average Bonchev–Trinajstić information content (AvgIpc) is 2.52. The molecule has 1 heterocycles. The maximum absolute atomic E-state index is 13.1. The summed E-state index contributed by atoms with van der Waals surface area (Å²) < 4.78 is 13.1. The van der Waals surface area contributed by atoms with Gasteiger partial charge in [-0.2, -0.15) is 0 Å². The fraction of sp³-hybridized carbons (Fsp3) is 0. The maximum atomic E-state index is 13.1. The fourth-order valence-corrected chi connectivity index (χ4v) is 4.23. The first kappa shape index (κ1) is 13.0. The topological polar surface area (TPSA) is 12.9 Å². The molecule has 0 atom stereocenters. The van der Waals surface area contributed by atoms with Gasteiger partial charge in [-0.15, -0.1) is 0 Å². The van der Waals surface area contributed by atoms with Crippen LogP contribution in [-0.4, -0.2) is 4.98 Å². The average molecular weight is 281 g/mol. The molecule has 3 heteroatoms. The molecule has 0 radical (unpaired) electrons. The van der Waals surface area contributed by atoms with Crippen LogP contribution >= 0.6 is 7.92 Å². The third kappa shape index (κ3) is 2.76. The molecule has 0 bridgehead atoms. The van der Waals surface area contributed by atoms with Crippen molar-refractivity contribution in [2.75, 3.05) is 0 Å². The molecule has 3 aromatic rings. The van der Waals surface area contributed by atoms with E-state index in [0.29, 0.717) is 0 Å². The molecule has 0 aliphatic heterocycles. The van der Waals surface area contributed by atoms with Crippen molar-refractivity contribution in [1.82, 2.24) is 4.98 Å². The number of hydrogen-bond donors (Lipinski definition) is 0. The van der Waals surface area contributed by atoms with E-state index in [0.717, 1.165) is 5.44 Å². The zero-order valence-electron chi connectivity index (χ0n) is 10.8. The Morgan fingerprint density at radius 3 is 1.70 bits per heavy atom. The molecular weight excluding hydrogens is 268 g/mol. The molecule has 98 valence electrons. The minimum atomic E-state index is -0.736. The number of pyridine rings is 1. The van der Waals surface area contributed by atoms with Gasteiger partial charge < -0.3 is 0 Å². The number of halogens is 1. The number of aromatic nitrogens is 1. The highest BCUT2D eigenvalue weighted by Crippen LogP contribution is 2.31. The summed E-state index contributed by atoms with van der Waals surface area (Å²) in [6.07, 6.45) is 1.29. The summed E-state index contributed by atoms with van der Waals surface area (Å²) in [7, 11) is -0.736. The second-order valence-corrected chi connectivity index (χ2v) is 6.50. The van der Waals surface area contributed by atoms with Gasteiger partial charge in [0.1, 0.15) is 5.82 Å². The highest BCUT2D eigenvalue weighted by Gasteiger charge is 2.17. The Hall–Kier alpha value is -2.05. The standard InChI is InChI=1S/C17H13FNP/c18-14-11-12-17(19-13-14)20(15-7-3-1-4-8-15)16-9-5-2-6-10-16/h1-13H. The second kappa shape index (κ2) is 5.94. The minimum Gasteiger partial charge on any atom is -0.253 e. The van der Waals surface area contributed by atoms with Crippen molar-refractivity contribution >= 4 is 24.0 Å². The van der Waals surface area contributed by atoms with E-state index >= 15 is 0 Å². The van der Waals surface area contributed by atoms with Gasteiger partial charge in [-0.3, -0.25) is 4.98 Å². The summed E-state index contributed by atoms with van der Waals surface area (Å²) in [5.41, 5.74) is 0.916. The number of hydrogen-bond acceptors (Lipinski definition) is 1. The lowest BCUT2D eigenvalue weighted by molar-refractivity contribution is 0.622. The number of nitrogens with zero attached hydrogens (tertiary/aromatic N) is 1. The molecule has 0 spiro atoms. The van der Waals surface area contributed by atoms with Crippen molar-refractivity contribution in [1.29, 1.82) is 0 Å². The van der Waals surface area contributed by atoms with Crippen LogP contribution in [-0.2, 0) is 0 Å². The Balaban J connectivity index is 2.11. The van der Waals surface area contributed by atoms with Crippen LogP contribution in [0.1, 0.15) is 0 Å². The van der Waals surface area contributed by atoms with Gasteiger partial charge in [-0.1, -0.05) is 60.7 Å². The third-order valence-electron chi connectivity index (χ3n) is 2.97. The van der Waals surface area contributed by atoms with Crippen LogP contribution in [0.25, 0.3) is 0 Å². The smallest absolute Gasteiger partial charge is 0.141 e. The normalized spacial score (nSPS) is 10.7. The molecule has 1 aromatic heterocycles. The van der Waals surface area contributed by atoms with Crippen LogP contribution in [0.5, 0.6) is 0 Å². The van der Waals surface area contributed by atoms with Gasteiger partial charge in [0.2, 0.25) is 0 Å². The molecule has 0 unspecified atom stereocenters. The largest absolute Gasteiger partial charge is 0.253 e. The summed E-state index contributed by atoms with van der Waals surface area (Å²) in [4.78, 5) is 4.29. The summed E-state index contributed by atoms with van der Waals surface area (Å²) in [5.74, 6) is -0.301. The highest BCUT2D eigenvalue weighted by atomic mass is 31.1. The van der Waals surface area contributed by atoms with Crippen LogP contribution in [0.15, 0.2) is 79.0 Å². The summed E-state index contributed by atoms with van der Waals surface area (Å²) in [6, 6.07) is 23.8. The monoisotopic (exact) mass is 281 g/mol. The van der Waals surface area contributed by atoms with Gasteiger partial charge in [0, 0.05) is 7.92 Å². The number of rotatable bonds is 3. The lowest BCUT2D eigenvalue weighted by atomic mass is 10.4. The van der Waals surface area contributed by atoms with Gasteiger partial charge in [0.15, 0.2) is 0 Å². The first-order valence-corrected chi connectivity index (χ1v) is 7.70. The Bertz CT molecular complexity index is 629. The lowest BCUT2D eigenvalue weighted by Crippen LogP contribution is -2.22. The zero-order valence-corrected chi connectivity index (χ0v) is 11.7. The number of benzene rings is 2. The van der Waals surface area contributed by atoms with E-state index in [2.05, 4.69) is 29.2 Å². The van der Waals surface area contributed by atoms with E-state index in [-0.39, 0.29) is 5.82 Å². The molecule has 0 N–H and O–H groups in total. The van der Waals surface area contributed by atoms with Crippen molar-refractivity contribution in [2.45, 2.75) is 0 Å². The minimum absolute atomic E-state index is 0.301. The molecule has 1 nitrogen and oxygen atoms in total. The Morgan fingerprint density at radius 2 is 1.25 bits per heavy atom. The molecule has 0 aliphatic carbocycles. The van der Waals surface area contributed by atoms with E-state index in [1.807, 2.05) is 36.4 Å². The van der Waals surface area contributed by atoms with Gasteiger partial charge in [0.25, 0.3) is 0 Å². The van der Waals surface area contributed by atoms with Gasteiger partial charge in [-0.05, 0) is 22.7 Å². The summed E-state index contributed by atoms with van der Waals surface area (Å²) in [6.45, 7) is 0. The first-order valence-electron chi connectivity index (χ1n) is 6.36. The molecule has 3 rings (SSSR count). The summed E-state index contributed by atoms with van der Waals surface area (Å²) >= 11 is 0. The lowest BCUT2D eigenvalue weighted by Gasteiger charge is -2.17. The van der Waals surface area contributed by atoms with Crippen molar-refractivity contribution in [3.8, 4) is 0 Å². The molecular formula is C17H13FNP. The molecule has 0 aliphatic rings. The highest BCUT2D eigenvalue weighted by molar-refractivity contribution is 7.79. The van der Waals surface area contributed by atoms with E-state index in [1.54, 1.807) is 6.07 Å². The van der Waals surface area contributed by atoms with Crippen LogP contribution in [0.3, 0.4) is 0 Å². The van der Waals surface area contributed by atoms with Crippen LogP contribution in [0.2, 0.25) is 0 Å². The molecule has 2 aromatic carbocycles. The second-order valence-electron chi connectivity index (χ2n) is 4.34. The van der Waals surface area contributed by atoms with Crippen LogP contribution < -0.4 is 16.0 Å². The third-order valence-corrected chi connectivity index (χ3v) is 5.32. The van der Waals surface area contributed by atoms with Crippen LogP contribution in [0, 0.1) is 5.82 Å². The van der Waals surface area contributed by atoms with Crippen molar-refractivity contribution in [3.05, 3.63) is 84.8 Å². The molecule has 0 saturated carbocycles. The Morgan fingerprint density at radius 1 is 0.700 bits per heavy atom.